The van der Waals surface area contributed by atoms with E-state index >= 15 is 0 Å². The normalized spacial score (nSPS) is 18.3. The Balaban J connectivity index is 1.71. The molecule has 0 radical (unpaired) electrons. The molecular formula is C15H15BrFNS. The number of nitrogens with one attached hydrogen (secondary N) is 1. The van der Waals surface area contributed by atoms with Gasteiger partial charge >= 0.3 is 0 Å². The van der Waals surface area contributed by atoms with Crippen molar-refractivity contribution in [2.24, 2.45) is 0 Å². The van der Waals surface area contributed by atoms with Crippen LogP contribution in [0.2, 0.25) is 0 Å². The summed E-state index contributed by atoms with van der Waals surface area (Å²) >= 11 is 5.12. The Bertz CT molecular complexity index is 581. The smallest absolute Gasteiger partial charge is 0.128 e. The van der Waals surface area contributed by atoms with E-state index < -0.39 is 0 Å². The Morgan fingerprint density at radius 1 is 1.37 bits per heavy atom. The van der Waals surface area contributed by atoms with Gasteiger partial charge in [-0.15, -0.1) is 11.3 Å². The maximum atomic E-state index is 13.8. The quantitative estimate of drug-likeness (QED) is 0.845. The number of aryl methyl sites for hydroxylation is 1. The fourth-order valence-corrected chi connectivity index (χ4v) is 3.92. The third-order valence-corrected chi connectivity index (χ3v) is 5.10. The Morgan fingerprint density at radius 3 is 3.11 bits per heavy atom. The van der Waals surface area contributed by atoms with Crippen LogP contribution in [0.15, 0.2) is 34.1 Å². The van der Waals surface area contributed by atoms with Gasteiger partial charge in [0.25, 0.3) is 0 Å². The van der Waals surface area contributed by atoms with E-state index in [1.54, 1.807) is 0 Å². The molecule has 0 saturated carbocycles. The molecule has 1 aromatic heterocycles. The highest BCUT2D eigenvalue weighted by Gasteiger charge is 2.20. The molecule has 1 nitrogen and oxygen atoms in total. The van der Waals surface area contributed by atoms with E-state index in [1.165, 1.54) is 29.3 Å². The molecule has 0 fully saturated rings. The average Bonchev–Trinajstić information content (AvgIpc) is 2.86. The molecule has 0 spiro atoms. The first-order chi connectivity index (χ1) is 9.24. The molecule has 100 valence electrons. The molecule has 4 heteroatoms. The first-order valence-electron chi connectivity index (χ1n) is 6.47. The summed E-state index contributed by atoms with van der Waals surface area (Å²) in [6.45, 7) is 0.582. The van der Waals surface area contributed by atoms with Gasteiger partial charge < -0.3 is 5.32 Å². The van der Waals surface area contributed by atoms with Crippen LogP contribution >= 0.6 is 27.3 Å². The van der Waals surface area contributed by atoms with Crippen molar-refractivity contribution in [2.45, 2.75) is 31.8 Å². The molecule has 1 heterocycles. The Labute approximate surface area is 125 Å². The Kier molecular flexibility index (Phi) is 4.01. The third kappa shape index (κ3) is 2.91. The standard InChI is InChI=1S/C15H15BrFNS/c16-11-5-4-10(13(17)8-11)9-18-14-2-1-3-15-12(14)6-7-19-15/h4-8,14,18H,1-3,9H2. The van der Waals surface area contributed by atoms with Crippen LogP contribution in [0.4, 0.5) is 4.39 Å². The summed E-state index contributed by atoms with van der Waals surface area (Å²) in [5, 5.41) is 5.65. The molecule has 0 saturated heterocycles. The van der Waals surface area contributed by atoms with Crippen molar-refractivity contribution in [2.75, 3.05) is 0 Å². The molecule has 1 aliphatic rings. The fraction of sp³-hybridized carbons (Fsp3) is 0.333. The molecule has 1 aromatic carbocycles. The average molecular weight is 340 g/mol. The maximum Gasteiger partial charge on any atom is 0.128 e. The van der Waals surface area contributed by atoms with E-state index in [1.807, 2.05) is 23.5 Å². The predicted molar refractivity (Wildman–Crippen MR) is 80.9 cm³/mol. The zero-order chi connectivity index (χ0) is 13.2. The van der Waals surface area contributed by atoms with Gasteiger partial charge in [0.05, 0.1) is 0 Å². The topological polar surface area (TPSA) is 12.0 Å². The molecule has 0 aliphatic heterocycles. The van der Waals surface area contributed by atoms with Crippen LogP contribution in [0.1, 0.15) is 34.9 Å². The summed E-state index contributed by atoms with van der Waals surface area (Å²) in [6.07, 6.45) is 3.55. The van der Waals surface area contributed by atoms with E-state index in [0.717, 1.165) is 16.5 Å². The van der Waals surface area contributed by atoms with Crippen LogP contribution in [0.5, 0.6) is 0 Å². The van der Waals surface area contributed by atoms with Gasteiger partial charge in [0, 0.05) is 27.5 Å². The molecular weight excluding hydrogens is 325 g/mol. The molecule has 2 aromatic rings. The summed E-state index contributed by atoms with van der Waals surface area (Å²) in [4.78, 5) is 1.49. The predicted octanol–water partition coefficient (Wildman–Crippen LogP) is 4.82. The maximum absolute atomic E-state index is 13.8. The fourth-order valence-electron chi connectivity index (χ4n) is 2.60. The minimum absolute atomic E-state index is 0.150. The van der Waals surface area contributed by atoms with Crippen molar-refractivity contribution in [1.29, 1.82) is 0 Å². The minimum Gasteiger partial charge on any atom is -0.306 e. The number of hydrogen-bond acceptors (Lipinski definition) is 2. The monoisotopic (exact) mass is 339 g/mol. The van der Waals surface area contributed by atoms with Gasteiger partial charge in [0.1, 0.15) is 5.82 Å². The number of benzene rings is 1. The lowest BCUT2D eigenvalue weighted by Crippen LogP contribution is -2.24. The van der Waals surface area contributed by atoms with Crippen molar-refractivity contribution in [3.05, 3.63) is 55.9 Å². The lowest BCUT2D eigenvalue weighted by atomic mass is 9.94. The molecule has 1 unspecified atom stereocenters. The van der Waals surface area contributed by atoms with E-state index in [9.17, 15) is 4.39 Å². The van der Waals surface area contributed by atoms with Gasteiger partial charge in [-0.3, -0.25) is 0 Å². The first-order valence-corrected chi connectivity index (χ1v) is 8.15. The Morgan fingerprint density at radius 2 is 2.26 bits per heavy atom. The number of hydrogen-bond donors (Lipinski definition) is 1. The highest BCUT2D eigenvalue weighted by molar-refractivity contribution is 9.10. The van der Waals surface area contributed by atoms with Crippen molar-refractivity contribution in [3.63, 3.8) is 0 Å². The second-order valence-electron chi connectivity index (χ2n) is 4.86. The lowest BCUT2D eigenvalue weighted by molar-refractivity contribution is 0.456. The van der Waals surface area contributed by atoms with Crippen LogP contribution in [0, 0.1) is 5.82 Å². The van der Waals surface area contributed by atoms with Gasteiger partial charge in [-0.2, -0.15) is 0 Å². The van der Waals surface area contributed by atoms with Gasteiger partial charge in [-0.1, -0.05) is 22.0 Å². The van der Waals surface area contributed by atoms with Crippen molar-refractivity contribution in [3.8, 4) is 0 Å². The molecule has 3 rings (SSSR count). The van der Waals surface area contributed by atoms with Gasteiger partial charge in [-0.05, 0) is 48.4 Å². The first kappa shape index (κ1) is 13.3. The van der Waals surface area contributed by atoms with E-state index in [0.29, 0.717) is 12.6 Å². The zero-order valence-corrected chi connectivity index (χ0v) is 12.9. The van der Waals surface area contributed by atoms with E-state index in [2.05, 4.69) is 32.7 Å². The van der Waals surface area contributed by atoms with E-state index in [4.69, 9.17) is 0 Å². The van der Waals surface area contributed by atoms with E-state index in [-0.39, 0.29) is 5.82 Å². The lowest BCUT2D eigenvalue weighted by Gasteiger charge is -2.24. The molecule has 1 atom stereocenters. The Hall–Kier alpha value is -0.710. The van der Waals surface area contributed by atoms with Crippen LogP contribution in [0.3, 0.4) is 0 Å². The zero-order valence-electron chi connectivity index (χ0n) is 10.5. The largest absolute Gasteiger partial charge is 0.306 e. The van der Waals surface area contributed by atoms with Crippen molar-refractivity contribution < 1.29 is 4.39 Å². The van der Waals surface area contributed by atoms with Crippen molar-refractivity contribution >= 4 is 27.3 Å². The van der Waals surface area contributed by atoms with Crippen LogP contribution in [-0.2, 0) is 13.0 Å². The van der Waals surface area contributed by atoms with Crippen LogP contribution in [-0.4, -0.2) is 0 Å². The second-order valence-corrected chi connectivity index (χ2v) is 6.78. The summed E-state index contributed by atoms with van der Waals surface area (Å²) in [6, 6.07) is 7.82. The summed E-state index contributed by atoms with van der Waals surface area (Å²) < 4.78 is 14.6. The number of rotatable bonds is 3. The highest BCUT2D eigenvalue weighted by Crippen LogP contribution is 2.33. The number of thiophene rings is 1. The highest BCUT2D eigenvalue weighted by atomic mass is 79.9. The van der Waals surface area contributed by atoms with Gasteiger partial charge in [-0.25, -0.2) is 4.39 Å². The molecule has 0 amide bonds. The summed E-state index contributed by atoms with van der Waals surface area (Å²) in [5.74, 6) is -0.150. The summed E-state index contributed by atoms with van der Waals surface area (Å²) in [7, 11) is 0. The van der Waals surface area contributed by atoms with Crippen LogP contribution < -0.4 is 5.32 Å². The van der Waals surface area contributed by atoms with Crippen LogP contribution in [0.25, 0.3) is 0 Å². The number of fused-ring (bicyclic) bond motifs is 1. The molecule has 0 bridgehead atoms. The minimum atomic E-state index is -0.150. The SMILES string of the molecule is Fc1cc(Br)ccc1CNC1CCCc2sccc21. The second kappa shape index (κ2) is 5.73. The summed E-state index contributed by atoms with van der Waals surface area (Å²) in [5.41, 5.74) is 2.14. The van der Waals surface area contributed by atoms with Gasteiger partial charge in [0.15, 0.2) is 0 Å². The van der Waals surface area contributed by atoms with Crippen molar-refractivity contribution in [1.82, 2.24) is 5.32 Å². The molecule has 1 aliphatic carbocycles. The molecule has 1 N–H and O–H groups in total. The number of halogens is 2. The molecule has 19 heavy (non-hydrogen) atoms. The van der Waals surface area contributed by atoms with Gasteiger partial charge in [0.2, 0.25) is 0 Å². The third-order valence-electron chi connectivity index (χ3n) is 3.61.